The molecular formula is C20H14F2N2O2. The zero-order valence-corrected chi connectivity index (χ0v) is 13.8. The maximum atomic E-state index is 13.5. The fourth-order valence-corrected chi connectivity index (χ4v) is 2.40. The molecule has 0 unspecified atom stereocenters. The van der Waals surface area contributed by atoms with Gasteiger partial charge in [0.05, 0.1) is 11.4 Å². The zero-order chi connectivity index (χ0) is 18.7. The number of nitrogens with zero attached hydrogens (tertiary/aromatic N) is 2. The SMILES string of the molecule is CC(=O)/C=C\C(=O)c1cc(-c2ccc(F)c(F)c2)nn1-c1ccccc1. The normalized spacial score (nSPS) is 11.0. The first-order chi connectivity index (χ1) is 12.5. The van der Waals surface area contributed by atoms with Crippen molar-refractivity contribution in [1.82, 2.24) is 9.78 Å². The minimum Gasteiger partial charge on any atom is -0.295 e. The van der Waals surface area contributed by atoms with Gasteiger partial charge in [-0.25, -0.2) is 13.5 Å². The summed E-state index contributed by atoms with van der Waals surface area (Å²) in [5.74, 6) is -2.65. The fourth-order valence-electron chi connectivity index (χ4n) is 2.40. The summed E-state index contributed by atoms with van der Waals surface area (Å²) in [6, 6.07) is 13.8. The van der Waals surface area contributed by atoms with Crippen LogP contribution in [-0.4, -0.2) is 21.3 Å². The highest BCUT2D eigenvalue weighted by Crippen LogP contribution is 2.24. The minimum absolute atomic E-state index is 0.202. The highest BCUT2D eigenvalue weighted by Gasteiger charge is 2.17. The van der Waals surface area contributed by atoms with Crippen LogP contribution in [0.25, 0.3) is 16.9 Å². The molecule has 0 aliphatic rings. The Morgan fingerprint density at radius 2 is 1.69 bits per heavy atom. The molecule has 2 aromatic carbocycles. The van der Waals surface area contributed by atoms with Gasteiger partial charge < -0.3 is 0 Å². The molecule has 4 nitrogen and oxygen atoms in total. The van der Waals surface area contributed by atoms with E-state index in [9.17, 15) is 18.4 Å². The number of carbonyl (C=O) groups is 2. The summed E-state index contributed by atoms with van der Waals surface area (Å²) in [6.45, 7) is 1.34. The molecule has 0 aliphatic carbocycles. The minimum atomic E-state index is -0.999. The van der Waals surface area contributed by atoms with Gasteiger partial charge in [0.15, 0.2) is 17.4 Å². The zero-order valence-electron chi connectivity index (χ0n) is 13.8. The van der Waals surface area contributed by atoms with Gasteiger partial charge in [0.25, 0.3) is 0 Å². The largest absolute Gasteiger partial charge is 0.295 e. The number of hydrogen-bond donors (Lipinski definition) is 0. The molecule has 0 aliphatic heterocycles. The van der Waals surface area contributed by atoms with Gasteiger partial charge in [-0.15, -0.1) is 0 Å². The van der Waals surface area contributed by atoms with Crippen LogP contribution in [-0.2, 0) is 4.79 Å². The van der Waals surface area contributed by atoms with E-state index in [-0.39, 0.29) is 11.5 Å². The summed E-state index contributed by atoms with van der Waals surface area (Å²) in [4.78, 5) is 23.6. The summed E-state index contributed by atoms with van der Waals surface area (Å²) >= 11 is 0. The van der Waals surface area contributed by atoms with E-state index >= 15 is 0 Å². The molecule has 26 heavy (non-hydrogen) atoms. The molecule has 0 atom stereocenters. The van der Waals surface area contributed by atoms with Crippen LogP contribution >= 0.6 is 0 Å². The number of para-hydroxylation sites is 1. The first-order valence-electron chi connectivity index (χ1n) is 7.79. The van der Waals surface area contributed by atoms with Crippen LogP contribution in [0, 0.1) is 11.6 Å². The first-order valence-corrected chi connectivity index (χ1v) is 7.79. The predicted molar refractivity (Wildman–Crippen MR) is 93.1 cm³/mol. The third kappa shape index (κ3) is 3.64. The third-order valence-corrected chi connectivity index (χ3v) is 3.65. The second kappa shape index (κ2) is 7.23. The molecule has 3 rings (SSSR count). The van der Waals surface area contributed by atoms with E-state index in [1.165, 1.54) is 29.8 Å². The van der Waals surface area contributed by atoms with Crippen molar-refractivity contribution in [3.05, 3.63) is 84.1 Å². The number of allylic oxidation sites excluding steroid dienone is 2. The lowest BCUT2D eigenvalue weighted by Crippen LogP contribution is -2.07. The second-order valence-corrected chi connectivity index (χ2v) is 5.60. The summed E-state index contributed by atoms with van der Waals surface area (Å²) in [7, 11) is 0. The van der Waals surface area contributed by atoms with E-state index in [1.54, 1.807) is 24.3 Å². The van der Waals surface area contributed by atoms with Crippen LogP contribution in [0.4, 0.5) is 8.78 Å². The number of hydrogen-bond acceptors (Lipinski definition) is 3. The standard InChI is InChI=1S/C20H14F2N2O2/c1-13(25)7-10-20(26)19-12-18(14-8-9-16(21)17(22)11-14)23-24(19)15-5-3-2-4-6-15/h2-12H,1H3/b10-7-. The molecule has 0 saturated heterocycles. The number of carbonyl (C=O) groups excluding carboxylic acids is 2. The molecule has 1 heterocycles. The quantitative estimate of drug-likeness (QED) is 0.512. The molecule has 1 aromatic heterocycles. The average molecular weight is 352 g/mol. The van der Waals surface area contributed by atoms with E-state index in [1.807, 2.05) is 6.07 Å². The van der Waals surface area contributed by atoms with Crippen molar-refractivity contribution < 1.29 is 18.4 Å². The molecule has 130 valence electrons. The Balaban J connectivity index is 2.12. The number of halogens is 2. The van der Waals surface area contributed by atoms with Gasteiger partial charge in [0.1, 0.15) is 5.69 Å². The Morgan fingerprint density at radius 3 is 2.35 bits per heavy atom. The lowest BCUT2D eigenvalue weighted by Gasteiger charge is -2.04. The van der Waals surface area contributed by atoms with E-state index < -0.39 is 17.4 Å². The summed E-state index contributed by atoms with van der Waals surface area (Å²) < 4.78 is 28.1. The van der Waals surface area contributed by atoms with Gasteiger partial charge in [-0.1, -0.05) is 18.2 Å². The molecular weight excluding hydrogens is 338 g/mol. The molecule has 0 saturated carbocycles. The Kier molecular flexibility index (Phi) is 4.84. The van der Waals surface area contributed by atoms with E-state index in [0.717, 1.165) is 18.2 Å². The molecule has 3 aromatic rings. The van der Waals surface area contributed by atoms with Crippen molar-refractivity contribution in [2.24, 2.45) is 0 Å². The molecule has 0 radical (unpaired) electrons. The third-order valence-electron chi connectivity index (χ3n) is 3.65. The lowest BCUT2D eigenvalue weighted by atomic mass is 10.1. The Labute approximate surface area is 148 Å². The van der Waals surface area contributed by atoms with Crippen LogP contribution in [0.1, 0.15) is 17.4 Å². The van der Waals surface area contributed by atoms with Crippen molar-refractivity contribution in [3.8, 4) is 16.9 Å². The predicted octanol–water partition coefficient (Wildman–Crippen LogP) is 4.15. The van der Waals surface area contributed by atoms with Gasteiger partial charge >= 0.3 is 0 Å². The van der Waals surface area contributed by atoms with Crippen molar-refractivity contribution in [1.29, 1.82) is 0 Å². The van der Waals surface area contributed by atoms with Crippen LogP contribution in [0.2, 0.25) is 0 Å². The Bertz CT molecular complexity index is 1010. The number of ketones is 2. The van der Waals surface area contributed by atoms with Gasteiger partial charge in [0, 0.05) is 5.56 Å². The second-order valence-electron chi connectivity index (χ2n) is 5.60. The van der Waals surface area contributed by atoms with E-state index in [4.69, 9.17) is 0 Å². The average Bonchev–Trinajstić information content (AvgIpc) is 3.08. The number of benzene rings is 2. The van der Waals surface area contributed by atoms with Crippen LogP contribution in [0.15, 0.2) is 66.7 Å². The van der Waals surface area contributed by atoms with Crippen molar-refractivity contribution in [3.63, 3.8) is 0 Å². The summed E-state index contributed by atoms with van der Waals surface area (Å²) in [5.41, 5.74) is 1.48. The molecule has 0 amide bonds. The maximum Gasteiger partial charge on any atom is 0.204 e. The summed E-state index contributed by atoms with van der Waals surface area (Å²) in [6.07, 6.45) is 2.33. The van der Waals surface area contributed by atoms with Gasteiger partial charge in [-0.05, 0) is 55.5 Å². The highest BCUT2D eigenvalue weighted by atomic mass is 19.2. The van der Waals surface area contributed by atoms with Crippen molar-refractivity contribution >= 4 is 11.6 Å². The fraction of sp³-hybridized carbons (Fsp3) is 0.0500. The lowest BCUT2D eigenvalue weighted by molar-refractivity contribution is -0.112. The molecule has 0 bridgehead atoms. The van der Waals surface area contributed by atoms with Gasteiger partial charge in [0.2, 0.25) is 5.78 Å². The topological polar surface area (TPSA) is 52.0 Å². The van der Waals surface area contributed by atoms with Crippen LogP contribution < -0.4 is 0 Å². The molecule has 6 heteroatoms. The van der Waals surface area contributed by atoms with Gasteiger partial charge in [-0.3, -0.25) is 9.59 Å². The van der Waals surface area contributed by atoms with Crippen molar-refractivity contribution in [2.45, 2.75) is 6.92 Å². The van der Waals surface area contributed by atoms with Crippen LogP contribution in [0.5, 0.6) is 0 Å². The molecule has 0 N–H and O–H groups in total. The van der Waals surface area contributed by atoms with E-state index in [0.29, 0.717) is 16.9 Å². The molecule has 0 fully saturated rings. The Hall–Kier alpha value is -3.41. The molecule has 0 spiro atoms. The van der Waals surface area contributed by atoms with Crippen molar-refractivity contribution in [2.75, 3.05) is 0 Å². The number of aromatic nitrogens is 2. The number of rotatable bonds is 5. The maximum absolute atomic E-state index is 13.5. The monoisotopic (exact) mass is 352 g/mol. The summed E-state index contributed by atoms with van der Waals surface area (Å²) in [5, 5.41) is 4.36. The van der Waals surface area contributed by atoms with E-state index in [2.05, 4.69) is 5.10 Å². The van der Waals surface area contributed by atoms with Gasteiger partial charge in [-0.2, -0.15) is 5.10 Å². The Morgan fingerprint density at radius 1 is 0.962 bits per heavy atom. The van der Waals surface area contributed by atoms with Crippen LogP contribution in [0.3, 0.4) is 0 Å². The highest BCUT2D eigenvalue weighted by molar-refractivity contribution is 6.07. The smallest absolute Gasteiger partial charge is 0.204 e. The first kappa shape index (κ1) is 17.4.